The van der Waals surface area contributed by atoms with Gasteiger partial charge in [-0.1, -0.05) is 12.1 Å². The maximum absolute atomic E-state index is 12.9. The summed E-state index contributed by atoms with van der Waals surface area (Å²) in [7, 11) is 0. The Kier molecular flexibility index (Phi) is 2.86. The second-order valence-corrected chi connectivity index (χ2v) is 4.62. The monoisotopic (exact) mass is 292 g/mol. The summed E-state index contributed by atoms with van der Waals surface area (Å²) in [5.74, 6) is 0. The van der Waals surface area contributed by atoms with Crippen LogP contribution in [0.2, 0.25) is 0 Å². The van der Waals surface area contributed by atoms with E-state index in [2.05, 4.69) is 10.1 Å². The van der Waals surface area contributed by atoms with Gasteiger partial charge in [-0.15, -0.1) is 13.2 Å². The molecule has 0 aliphatic heterocycles. The Morgan fingerprint density at radius 3 is 2.62 bits per heavy atom. The topological polar surface area (TPSA) is 56.7 Å². The summed E-state index contributed by atoms with van der Waals surface area (Å²) in [6.45, 7) is 1.76. The number of halogens is 3. The highest BCUT2D eigenvalue weighted by Crippen LogP contribution is 2.36. The van der Waals surface area contributed by atoms with E-state index in [4.69, 9.17) is 5.73 Å². The molecule has 7 heteroatoms. The number of rotatable bonds is 1. The first-order chi connectivity index (χ1) is 9.89. The maximum atomic E-state index is 12.9. The third-order valence-electron chi connectivity index (χ3n) is 3.30. The van der Waals surface area contributed by atoms with E-state index in [1.165, 1.54) is 12.3 Å². The minimum Gasteiger partial charge on any atom is -0.398 e. The van der Waals surface area contributed by atoms with E-state index >= 15 is 0 Å². The summed E-state index contributed by atoms with van der Waals surface area (Å²) in [5, 5.41) is 3.83. The fourth-order valence-corrected chi connectivity index (χ4v) is 2.41. The Morgan fingerprint density at radius 2 is 1.95 bits per heavy atom. The molecule has 2 aromatic heterocycles. The van der Waals surface area contributed by atoms with Crippen LogP contribution in [0.5, 0.6) is 0 Å². The zero-order valence-electron chi connectivity index (χ0n) is 11.0. The molecule has 2 heterocycles. The molecule has 3 rings (SSSR count). The van der Waals surface area contributed by atoms with E-state index < -0.39 is 6.30 Å². The molecule has 0 bridgehead atoms. The Hall–Kier alpha value is -2.57. The third kappa shape index (κ3) is 2.10. The fourth-order valence-electron chi connectivity index (χ4n) is 2.41. The van der Waals surface area contributed by atoms with Gasteiger partial charge in [0, 0.05) is 28.5 Å². The van der Waals surface area contributed by atoms with Crippen LogP contribution in [0, 0.1) is 6.92 Å². The predicted octanol–water partition coefficient (Wildman–Crippen LogP) is 3.47. The summed E-state index contributed by atoms with van der Waals surface area (Å²) in [4.78, 5) is 4.15. The van der Waals surface area contributed by atoms with Crippen LogP contribution in [0.25, 0.3) is 22.0 Å². The van der Waals surface area contributed by atoms with Crippen LogP contribution in [-0.2, 0) is 6.30 Å². The quantitative estimate of drug-likeness (QED) is 0.747. The van der Waals surface area contributed by atoms with Gasteiger partial charge >= 0.3 is 6.30 Å². The van der Waals surface area contributed by atoms with Crippen molar-refractivity contribution in [3.8, 4) is 11.1 Å². The van der Waals surface area contributed by atoms with Crippen LogP contribution in [0.15, 0.2) is 36.7 Å². The van der Waals surface area contributed by atoms with Crippen molar-refractivity contribution in [2.45, 2.75) is 13.2 Å². The molecule has 0 spiro atoms. The number of hydrogen-bond donors (Lipinski definition) is 1. The average molecular weight is 292 g/mol. The first-order valence-electron chi connectivity index (χ1n) is 6.15. The van der Waals surface area contributed by atoms with Crippen LogP contribution in [0.3, 0.4) is 0 Å². The van der Waals surface area contributed by atoms with E-state index in [1.807, 2.05) is 0 Å². The highest BCUT2D eigenvalue weighted by Gasteiger charge is 2.33. The van der Waals surface area contributed by atoms with Gasteiger partial charge in [0.15, 0.2) is 0 Å². The number of nitrogen functional groups attached to an aromatic ring is 1. The number of benzene rings is 1. The normalized spacial score (nSPS) is 12.0. The molecule has 0 atom stereocenters. The van der Waals surface area contributed by atoms with Gasteiger partial charge in [0.05, 0.1) is 11.7 Å². The molecule has 0 saturated carbocycles. The molecule has 2 N–H and O–H groups in total. The predicted molar refractivity (Wildman–Crippen MR) is 73.4 cm³/mol. The van der Waals surface area contributed by atoms with Gasteiger partial charge in [0.2, 0.25) is 0 Å². The van der Waals surface area contributed by atoms with Crippen molar-refractivity contribution in [1.29, 1.82) is 0 Å². The third-order valence-corrected chi connectivity index (χ3v) is 3.30. The van der Waals surface area contributed by atoms with Crippen LogP contribution >= 0.6 is 0 Å². The highest BCUT2D eigenvalue weighted by molar-refractivity contribution is 5.98. The number of pyridine rings is 1. The van der Waals surface area contributed by atoms with Gasteiger partial charge in [-0.3, -0.25) is 4.98 Å². The highest BCUT2D eigenvalue weighted by atomic mass is 19.4. The first kappa shape index (κ1) is 13.4. The molecule has 0 fully saturated rings. The summed E-state index contributed by atoms with van der Waals surface area (Å²) < 4.78 is 38.8. The second-order valence-electron chi connectivity index (χ2n) is 4.62. The van der Waals surface area contributed by atoms with Crippen LogP contribution in [0.4, 0.5) is 18.9 Å². The lowest BCUT2D eigenvalue weighted by molar-refractivity contribution is -0.209. The summed E-state index contributed by atoms with van der Waals surface area (Å²) in [6.07, 6.45) is -1.80. The molecule has 0 unspecified atom stereocenters. The fraction of sp³-hybridized carbons (Fsp3) is 0.143. The van der Waals surface area contributed by atoms with E-state index in [1.54, 1.807) is 31.3 Å². The van der Waals surface area contributed by atoms with Gasteiger partial charge < -0.3 is 5.73 Å². The van der Waals surface area contributed by atoms with Gasteiger partial charge in [0.25, 0.3) is 0 Å². The molecule has 1 aromatic carbocycles. The van der Waals surface area contributed by atoms with Crippen molar-refractivity contribution < 1.29 is 13.2 Å². The van der Waals surface area contributed by atoms with Crippen LogP contribution in [-0.4, -0.2) is 14.8 Å². The largest absolute Gasteiger partial charge is 0.505 e. The number of aryl methyl sites for hydroxylation is 1. The molecular weight excluding hydrogens is 281 g/mol. The summed E-state index contributed by atoms with van der Waals surface area (Å²) >= 11 is 0. The molecule has 0 saturated heterocycles. The van der Waals surface area contributed by atoms with Crippen LogP contribution < -0.4 is 5.73 Å². The minimum absolute atomic E-state index is 0.0114. The van der Waals surface area contributed by atoms with E-state index in [-0.39, 0.29) is 10.2 Å². The summed E-state index contributed by atoms with van der Waals surface area (Å²) in [5.41, 5.74) is 8.28. The van der Waals surface area contributed by atoms with Crippen molar-refractivity contribution >= 4 is 16.6 Å². The smallest absolute Gasteiger partial charge is 0.398 e. The van der Waals surface area contributed by atoms with Crippen molar-refractivity contribution in [3.63, 3.8) is 0 Å². The maximum Gasteiger partial charge on any atom is 0.505 e. The van der Waals surface area contributed by atoms with Crippen molar-refractivity contribution in [2.75, 3.05) is 5.73 Å². The number of alkyl halides is 3. The minimum atomic E-state index is -4.56. The second kappa shape index (κ2) is 4.47. The van der Waals surface area contributed by atoms with E-state index in [9.17, 15) is 13.2 Å². The number of nitrogens with zero attached hydrogens (tertiary/aromatic N) is 3. The molecule has 0 radical (unpaired) electrons. The van der Waals surface area contributed by atoms with Crippen molar-refractivity contribution in [1.82, 2.24) is 14.8 Å². The number of anilines is 1. The summed E-state index contributed by atoms with van der Waals surface area (Å²) in [6, 6.07) is 6.26. The molecule has 3 aromatic rings. The first-order valence-corrected chi connectivity index (χ1v) is 6.15. The molecule has 0 amide bonds. The zero-order chi connectivity index (χ0) is 15.2. The Morgan fingerprint density at radius 1 is 1.19 bits per heavy atom. The number of aromatic nitrogens is 3. The van der Waals surface area contributed by atoms with E-state index in [0.717, 1.165) is 0 Å². The molecule has 21 heavy (non-hydrogen) atoms. The van der Waals surface area contributed by atoms with Gasteiger partial charge in [-0.05, 0) is 24.6 Å². The average Bonchev–Trinajstić information content (AvgIpc) is 2.83. The molecule has 108 valence electrons. The lowest BCUT2D eigenvalue weighted by atomic mass is 9.99. The molecular formula is C14H11F3N4. The van der Waals surface area contributed by atoms with Gasteiger partial charge in [-0.2, -0.15) is 9.78 Å². The van der Waals surface area contributed by atoms with E-state index in [0.29, 0.717) is 27.9 Å². The van der Waals surface area contributed by atoms with Crippen molar-refractivity contribution in [2.24, 2.45) is 0 Å². The lowest BCUT2D eigenvalue weighted by Crippen LogP contribution is -2.17. The Bertz CT molecular complexity index is 800. The van der Waals surface area contributed by atoms with Gasteiger partial charge in [0.1, 0.15) is 0 Å². The molecule has 0 aliphatic rings. The molecule has 0 aliphatic carbocycles. The van der Waals surface area contributed by atoms with Crippen molar-refractivity contribution in [3.05, 3.63) is 42.4 Å². The lowest BCUT2D eigenvalue weighted by Gasteiger charge is -2.11. The number of hydrogen-bond acceptors (Lipinski definition) is 3. The number of nitrogens with two attached hydrogens (primary N) is 1. The van der Waals surface area contributed by atoms with Crippen LogP contribution in [0.1, 0.15) is 5.69 Å². The number of fused-ring (bicyclic) bond motifs is 1. The van der Waals surface area contributed by atoms with Gasteiger partial charge in [-0.25, -0.2) is 0 Å². The Labute approximate surface area is 118 Å². The standard InChI is InChI=1S/C14H11F3N4/c1-8-13(11(18)5-6-19-8)9-3-2-4-12-10(9)7-20-21(12)14(15,16)17/h2-7H,1H3,(H2,18,19). The zero-order valence-corrected chi connectivity index (χ0v) is 11.0. The SMILES string of the molecule is Cc1nccc(N)c1-c1cccc2c1cnn2C(F)(F)F. The Balaban J connectivity index is 2.33. The molecule has 4 nitrogen and oxygen atoms in total.